The van der Waals surface area contributed by atoms with E-state index in [1.54, 1.807) is 0 Å². The molecule has 0 aromatic rings. The van der Waals surface area contributed by atoms with Gasteiger partial charge in [0.1, 0.15) is 12.4 Å². The largest absolute Gasteiger partial charge is 0.378 e. The van der Waals surface area contributed by atoms with E-state index in [0.29, 0.717) is 24.9 Å². The monoisotopic (exact) mass is 581 g/mol. The highest BCUT2D eigenvalue weighted by atomic mass is 16.5. The molecule has 0 radical (unpaired) electrons. The summed E-state index contributed by atoms with van der Waals surface area (Å²) in [7, 11) is 0. The Morgan fingerprint density at radius 2 is 1.37 bits per heavy atom. The number of likely N-dealkylation sites (tertiary alicyclic amines) is 1. The van der Waals surface area contributed by atoms with Gasteiger partial charge in [0.15, 0.2) is 5.78 Å². The van der Waals surface area contributed by atoms with Crippen molar-refractivity contribution >= 4 is 11.6 Å². The molecule has 0 amide bonds. The fraction of sp³-hybridized carbons (Fsp3) is 0.939. The summed E-state index contributed by atoms with van der Waals surface area (Å²) in [6, 6.07) is 0. The third kappa shape index (κ3) is 16.5. The zero-order chi connectivity index (χ0) is 30.0. The maximum absolute atomic E-state index is 12.5. The summed E-state index contributed by atoms with van der Waals surface area (Å²) in [4.78, 5) is 31.7. The van der Waals surface area contributed by atoms with Crippen LogP contribution in [0.25, 0.3) is 0 Å². The number of nitrogens with zero attached hydrogens (tertiary/aromatic N) is 3. The van der Waals surface area contributed by atoms with Crippen LogP contribution in [0.3, 0.4) is 0 Å². The first kappa shape index (κ1) is 36.3. The van der Waals surface area contributed by atoms with Crippen LogP contribution in [0.4, 0.5) is 0 Å². The van der Waals surface area contributed by atoms with Gasteiger partial charge in [0.2, 0.25) is 0 Å². The molecule has 2 heterocycles. The lowest BCUT2D eigenvalue weighted by atomic mass is 9.95. The molecule has 2 aliphatic heterocycles. The third-order valence-electron chi connectivity index (χ3n) is 8.62. The molecule has 0 saturated carbocycles. The predicted octanol–water partition coefficient (Wildman–Crippen LogP) is 4.54. The first-order valence-electron chi connectivity index (χ1n) is 16.7. The van der Waals surface area contributed by atoms with Gasteiger partial charge in [0.25, 0.3) is 0 Å². The Kier molecular flexibility index (Phi) is 18.5. The van der Waals surface area contributed by atoms with Crippen molar-refractivity contribution in [3.63, 3.8) is 0 Å². The average molecular weight is 582 g/mol. The van der Waals surface area contributed by atoms with E-state index >= 15 is 0 Å². The SMILES string of the molecule is CC(C)OCCN1CC(CCCOCC(=O)C(C)CCC(C)OCCCN2CCN(CCCC(=O)C(C)C)CC2)C1. The molecule has 0 aliphatic carbocycles. The minimum Gasteiger partial charge on any atom is -0.378 e. The minimum absolute atomic E-state index is 0.0223. The van der Waals surface area contributed by atoms with Gasteiger partial charge in [-0.05, 0) is 71.8 Å². The van der Waals surface area contributed by atoms with Gasteiger partial charge in [-0.1, -0.05) is 20.8 Å². The molecule has 2 saturated heterocycles. The Hall–Kier alpha value is -0.900. The molecule has 8 nitrogen and oxygen atoms in total. The predicted molar refractivity (Wildman–Crippen MR) is 166 cm³/mol. The Labute approximate surface area is 251 Å². The van der Waals surface area contributed by atoms with Gasteiger partial charge in [0, 0.05) is 83.8 Å². The minimum atomic E-state index is 0.0223. The molecule has 2 atom stereocenters. The molecule has 240 valence electrons. The Morgan fingerprint density at radius 3 is 2.00 bits per heavy atom. The van der Waals surface area contributed by atoms with Crippen LogP contribution in [0, 0.1) is 17.8 Å². The number of hydrogen-bond acceptors (Lipinski definition) is 8. The summed E-state index contributed by atoms with van der Waals surface area (Å²) in [6.07, 6.45) is 7.20. The standard InChI is InChI=1S/C33H63N3O5/c1-27(2)32(37)11-7-14-34-16-18-35(19-17-34)15-9-22-41-30(6)13-12-29(5)33(38)26-39-21-8-10-31-24-36(25-31)20-23-40-28(3)4/h27-31H,7-26H2,1-6H3. The highest BCUT2D eigenvalue weighted by molar-refractivity contribution is 5.81. The number of piperazine rings is 1. The lowest BCUT2D eigenvalue weighted by Gasteiger charge is -2.39. The summed E-state index contributed by atoms with van der Waals surface area (Å²) in [5, 5.41) is 0. The summed E-state index contributed by atoms with van der Waals surface area (Å²) < 4.78 is 17.4. The number of hydrogen-bond donors (Lipinski definition) is 0. The van der Waals surface area contributed by atoms with Crippen LogP contribution in [0.1, 0.15) is 86.5 Å². The van der Waals surface area contributed by atoms with Crippen LogP contribution in [0.15, 0.2) is 0 Å². The van der Waals surface area contributed by atoms with Crippen molar-refractivity contribution in [1.29, 1.82) is 0 Å². The molecule has 0 N–H and O–H groups in total. The highest BCUT2D eigenvalue weighted by Gasteiger charge is 2.25. The molecular weight excluding hydrogens is 518 g/mol. The summed E-state index contributed by atoms with van der Waals surface area (Å²) in [6.45, 7) is 24.6. The van der Waals surface area contributed by atoms with Crippen molar-refractivity contribution in [2.24, 2.45) is 17.8 Å². The molecule has 0 aromatic heterocycles. The molecule has 2 aliphatic rings. The van der Waals surface area contributed by atoms with E-state index < -0.39 is 0 Å². The van der Waals surface area contributed by atoms with E-state index in [0.717, 1.165) is 110 Å². The van der Waals surface area contributed by atoms with E-state index in [1.165, 1.54) is 6.42 Å². The normalized spacial score (nSPS) is 19.1. The number of rotatable bonds is 24. The molecule has 0 bridgehead atoms. The van der Waals surface area contributed by atoms with Crippen LogP contribution < -0.4 is 0 Å². The lowest BCUT2D eigenvalue weighted by molar-refractivity contribution is -0.127. The second kappa shape index (κ2) is 20.9. The Balaban J connectivity index is 1.38. The number of Topliss-reactive ketones (excluding diaryl/α,β-unsaturated/α-hetero) is 2. The van der Waals surface area contributed by atoms with Crippen LogP contribution in [0.5, 0.6) is 0 Å². The van der Waals surface area contributed by atoms with Crippen LogP contribution >= 0.6 is 0 Å². The molecule has 2 unspecified atom stereocenters. The van der Waals surface area contributed by atoms with Gasteiger partial charge in [-0.2, -0.15) is 0 Å². The smallest absolute Gasteiger partial charge is 0.161 e. The average Bonchev–Trinajstić information content (AvgIpc) is 2.92. The van der Waals surface area contributed by atoms with Crippen molar-refractivity contribution < 1.29 is 23.8 Å². The van der Waals surface area contributed by atoms with Crippen molar-refractivity contribution in [1.82, 2.24) is 14.7 Å². The zero-order valence-corrected chi connectivity index (χ0v) is 27.4. The number of carbonyl (C=O) groups is 2. The fourth-order valence-corrected chi connectivity index (χ4v) is 5.55. The third-order valence-corrected chi connectivity index (χ3v) is 8.62. The number of ether oxygens (including phenoxy) is 3. The summed E-state index contributed by atoms with van der Waals surface area (Å²) >= 11 is 0. The highest BCUT2D eigenvalue weighted by Crippen LogP contribution is 2.20. The molecule has 41 heavy (non-hydrogen) atoms. The number of carbonyl (C=O) groups excluding carboxylic acids is 2. The first-order chi connectivity index (χ1) is 19.6. The van der Waals surface area contributed by atoms with Gasteiger partial charge in [0.05, 0.1) is 18.8 Å². The first-order valence-corrected chi connectivity index (χ1v) is 16.7. The maximum atomic E-state index is 12.5. The van der Waals surface area contributed by atoms with Crippen molar-refractivity contribution in [2.75, 3.05) is 85.3 Å². The quantitative estimate of drug-likeness (QED) is 0.154. The van der Waals surface area contributed by atoms with E-state index in [2.05, 4.69) is 35.5 Å². The van der Waals surface area contributed by atoms with Crippen LogP contribution in [0.2, 0.25) is 0 Å². The summed E-state index contributed by atoms with van der Waals surface area (Å²) in [5.41, 5.74) is 0. The van der Waals surface area contributed by atoms with Crippen LogP contribution in [-0.2, 0) is 23.8 Å². The Morgan fingerprint density at radius 1 is 0.707 bits per heavy atom. The van der Waals surface area contributed by atoms with E-state index in [1.807, 2.05) is 20.8 Å². The van der Waals surface area contributed by atoms with Crippen molar-refractivity contribution in [3.05, 3.63) is 0 Å². The lowest BCUT2D eigenvalue weighted by Crippen LogP contribution is -2.48. The van der Waals surface area contributed by atoms with Gasteiger partial charge >= 0.3 is 0 Å². The zero-order valence-electron chi connectivity index (χ0n) is 27.4. The van der Waals surface area contributed by atoms with Crippen molar-refractivity contribution in [2.45, 2.75) is 98.7 Å². The Bertz CT molecular complexity index is 705. The maximum Gasteiger partial charge on any atom is 0.161 e. The van der Waals surface area contributed by atoms with Gasteiger partial charge in [-0.25, -0.2) is 0 Å². The fourth-order valence-electron chi connectivity index (χ4n) is 5.55. The van der Waals surface area contributed by atoms with E-state index in [4.69, 9.17) is 14.2 Å². The van der Waals surface area contributed by atoms with Gasteiger partial charge in [-0.3, -0.25) is 9.59 Å². The molecular formula is C33H63N3O5. The molecule has 2 fully saturated rings. The molecule has 0 aromatic carbocycles. The van der Waals surface area contributed by atoms with Gasteiger partial charge < -0.3 is 28.9 Å². The summed E-state index contributed by atoms with van der Waals surface area (Å²) in [5.74, 6) is 1.54. The molecule has 0 spiro atoms. The second-order valence-corrected chi connectivity index (χ2v) is 13.1. The number of ketones is 2. The topological polar surface area (TPSA) is 71.6 Å². The van der Waals surface area contributed by atoms with Crippen molar-refractivity contribution in [3.8, 4) is 0 Å². The molecule has 8 heteroatoms. The second-order valence-electron chi connectivity index (χ2n) is 13.1. The van der Waals surface area contributed by atoms with E-state index in [9.17, 15) is 9.59 Å². The van der Waals surface area contributed by atoms with E-state index in [-0.39, 0.29) is 30.3 Å². The van der Waals surface area contributed by atoms with Gasteiger partial charge in [-0.15, -0.1) is 0 Å². The molecule has 2 rings (SSSR count). The van der Waals surface area contributed by atoms with Crippen LogP contribution in [-0.4, -0.2) is 124 Å².